The number of hydrogen-bond donors (Lipinski definition) is 2. The van der Waals surface area contributed by atoms with Gasteiger partial charge in [0.1, 0.15) is 17.2 Å². The van der Waals surface area contributed by atoms with E-state index in [9.17, 15) is 14.4 Å². The zero-order valence-corrected chi connectivity index (χ0v) is 11.5. The van der Waals surface area contributed by atoms with Gasteiger partial charge in [0, 0.05) is 5.39 Å². The molecule has 0 unspecified atom stereocenters. The lowest BCUT2D eigenvalue weighted by atomic mass is 10.1. The Labute approximate surface area is 120 Å². The third kappa shape index (κ3) is 3.28. The van der Waals surface area contributed by atoms with Crippen LogP contribution in [0, 0.1) is 0 Å². The Morgan fingerprint density at radius 2 is 2.05 bits per heavy atom. The lowest BCUT2D eigenvalue weighted by Crippen LogP contribution is -2.42. The molecule has 0 saturated carbocycles. The molecule has 6 heteroatoms. The number of fused-ring (bicyclic) bond motifs is 1. The van der Waals surface area contributed by atoms with Crippen LogP contribution in [-0.2, 0) is 4.79 Å². The van der Waals surface area contributed by atoms with Gasteiger partial charge in [0.25, 0.3) is 5.91 Å². The first-order chi connectivity index (χ1) is 10.0. The van der Waals surface area contributed by atoms with Crippen LogP contribution in [-0.4, -0.2) is 23.0 Å². The molecule has 0 spiro atoms. The van der Waals surface area contributed by atoms with Gasteiger partial charge in [-0.05, 0) is 18.6 Å². The van der Waals surface area contributed by atoms with Crippen LogP contribution in [0.4, 0.5) is 0 Å². The molecule has 1 aromatic carbocycles. The number of nitrogens with one attached hydrogen (secondary N) is 1. The minimum atomic E-state index is -1.13. The SMILES string of the molecule is CCC[C@@H](NC(=O)c1cc2ccccc2oc1=O)C(=O)O. The van der Waals surface area contributed by atoms with Crippen LogP contribution >= 0.6 is 0 Å². The van der Waals surface area contributed by atoms with E-state index in [1.54, 1.807) is 24.3 Å². The monoisotopic (exact) mass is 289 g/mol. The second kappa shape index (κ2) is 6.21. The first-order valence-corrected chi connectivity index (χ1v) is 6.59. The summed E-state index contributed by atoms with van der Waals surface area (Å²) in [5.74, 6) is -1.87. The Morgan fingerprint density at radius 1 is 1.33 bits per heavy atom. The Hall–Kier alpha value is -2.63. The van der Waals surface area contributed by atoms with E-state index in [2.05, 4.69) is 5.32 Å². The first kappa shape index (κ1) is 14.8. The summed E-state index contributed by atoms with van der Waals surface area (Å²) in [6.07, 6.45) is 0.892. The van der Waals surface area contributed by atoms with Crippen molar-refractivity contribution in [2.75, 3.05) is 0 Å². The summed E-state index contributed by atoms with van der Waals surface area (Å²) in [7, 11) is 0. The molecule has 0 aliphatic carbocycles. The number of rotatable bonds is 5. The number of carbonyl (C=O) groups is 2. The smallest absolute Gasteiger partial charge is 0.349 e. The van der Waals surface area contributed by atoms with Gasteiger partial charge in [-0.25, -0.2) is 9.59 Å². The van der Waals surface area contributed by atoms with Crippen molar-refractivity contribution in [3.05, 3.63) is 46.3 Å². The van der Waals surface area contributed by atoms with Crippen molar-refractivity contribution < 1.29 is 19.1 Å². The molecule has 1 heterocycles. The van der Waals surface area contributed by atoms with E-state index in [-0.39, 0.29) is 5.56 Å². The molecule has 21 heavy (non-hydrogen) atoms. The number of aliphatic carboxylic acids is 1. The zero-order valence-electron chi connectivity index (χ0n) is 11.5. The standard InChI is InChI=1S/C15H15NO5/c1-2-5-11(14(18)19)16-13(17)10-8-9-6-3-4-7-12(9)21-15(10)20/h3-4,6-8,11H,2,5H2,1H3,(H,16,17)(H,18,19)/t11-/m1/s1. The average molecular weight is 289 g/mol. The molecular formula is C15H15NO5. The molecule has 1 aromatic heterocycles. The Balaban J connectivity index is 2.32. The van der Waals surface area contributed by atoms with Gasteiger partial charge in [-0.1, -0.05) is 31.5 Å². The van der Waals surface area contributed by atoms with Gasteiger partial charge < -0.3 is 14.8 Å². The number of amides is 1. The quantitative estimate of drug-likeness (QED) is 0.818. The second-order valence-corrected chi connectivity index (χ2v) is 4.64. The molecule has 0 radical (unpaired) electrons. The van der Waals surface area contributed by atoms with E-state index in [1.165, 1.54) is 6.07 Å². The molecule has 0 aliphatic heterocycles. The summed E-state index contributed by atoms with van der Waals surface area (Å²) < 4.78 is 5.05. The summed E-state index contributed by atoms with van der Waals surface area (Å²) >= 11 is 0. The fraction of sp³-hybridized carbons (Fsp3) is 0.267. The highest BCUT2D eigenvalue weighted by Crippen LogP contribution is 2.12. The van der Waals surface area contributed by atoms with Crippen molar-refractivity contribution in [3.63, 3.8) is 0 Å². The molecule has 2 rings (SSSR count). The summed E-state index contributed by atoms with van der Waals surface area (Å²) in [5.41, 5.74) is -0.606. The van der Waals surface area contributed by atoms with Gasteiger partial charge >= 0.3 is 11.6 Å². The molecule has 0 fully saturated rings. The molecule has 1 amide bonds. The van der Waals surface area contributed by atoms with Gasteiger partial charge in [0.15, 0.2) is 0 Å². The van der Waals surface area contributed by atoms with Crippen molar-refractivity contribution in [2.45, 2.75) is 25.8 Å². The fourth-order valence-corrected chi connectivity index (χ4v) is 2.00. The third-order valence-electron chi connectivity index (χ3n) is 3.07. The number of para-hydroxylation sites is 1. The number of benzene rings is 1. The Morgan fingerprint density at radius 3 is 2.71 bits per heavy atom. The molecule has 0 bridgehead atoms. The number of carboxylic acids is 1. The van der Waals surface area contributed by atoms with Crippen molar-refractivity contribution >= 4 is 22.8 Å². The summed E-state index contributed by atoms with van der Waals surface area (Å²) in [6.45, 7) is 1.81. The van der Waals surface area contributed by atoms with Crippen LogP contribution in [0.3, 0.4) is 0 Å². The zero-order chi connectivity index (χ0) is 15.4. The predicted octanol–water partition coefficient (Wildman–Crippen LogP) is 1.78. The van der Waals surface area contributed by atoms with Gasteiger partial charge in [0.05, 0.1) is 0 Å². The second-order valence-electron chi connectivity index (χ2n) is 4.64. The Kier molecular flexibility index (Phi) is 4.37. The molecule has 6 nitrogen and oxygen atoms in total. The van der Waals surface area contributed by atoms with Crippen LogP contribution in [0.1, 0.15) is 30.1 Å². The molecular weight excluding hydrogens is 274 g/mol. The van der Waals surface area contributed by atoms with Crippen LogP contribution in [0.2, 0.25) is 0 Å². The number of carboxylic acid groups (broad SMARTS) is 1. The van der Waals surface area contributed by atoms with Gasteiger partial charge in [-0.2, -0.15) is 0 Å². The van der Waals surface area contributed by atoms with E-state index in [0.29, 0.717) is 23.8 Å². The van der Waals surface area contributed by atoms with Crippen molar-refractivity contribution in [3.8, 4) is 0 Å². The molecule has 2 aromatic rings. The van der Waals surface area contributed by atoms with E-state index in [1.807, 2.05) is 6.92 Å². The van der Waals surface area contributed by atoms with Crippen LogP contribution in [0.15, 0.2) is 39.5 Å². The highest BCUT2D eigenvalue weighted by atomic mass is 16.4. The molecule has 0 saturated heterocycles. The van der Waals surface area contributed by atoms with Gasteiger partial charge in [0.2, 0.25) is 0 Å². The minimum Gasteiger partial charge on any atom is -0.480 e. The number of hydrogen-bond acceptors (Lipinski definition) is 4. The van der Waals surface area contributed by atoms with Gasteiger partial charge in [-0.15, -0.1) is 0 Å². The highest BCUT2D eigenvalue weighted by Gasteiger charge is 2.22. The maximum Gasteiger partial charge on any atom is 0.349 e. The van der Waals surface area contributed by atoms with Crippen LogP contribution < -0.4 is 10.9 Å². The summed E-state index contributed by atoms with van der Waals surface area (Å²) in [5, 5.41) is 12.0. The molecule has 0 aliphatic rings. The topological polar surface area (TPSA) is 96.6 Å². The normalized spacial score (nSPS) is 12.0. The van der Waals surface area contributed by atoms with E-state index in [4.69, 9.17) is 9.52 Å². The maximum atomic E-state index is 12.1. The van der Waals surface area contributed by atoms with E-state index >= 15 is 0 Å². The summed E-state index contributed by atoms with van der Waals surface area (Å²) in [6, 6.07) is 7.17. The van der Waals surface area contributed by atoms with Crippen LogP contribution in [0.5, 0.6) is 0 Å². The van der Waals surface area contributed by atoms with E-state index < -0.39 is 23.5 Å². The Bertz CT molecular complexity index is 734. The lowest BCUT2D eigenvalue weighted by molar-refractivity contribution is -0.139. The third-order valence-corrected chi connectivity index (χ3v) is 3.07. The first-order valence-electron chi connectivity index (χ1n) is 6.59. The van der Waals surface area contributed by atoms with Crippen molar-refractivity contribution in [2.24, 2.45) is 0 Å². The molecule has 110 valence electrons. The van der Waals surface area contributed by atoms with Gasteiger partial charge in [-0.3, -0.25) is 4.79 Å². The average Bonchev–Trinajstić information content (AvgIpc) is 2.45. The number of carbonyl (C=O) groups excluding carboxylic acids is 1. The predicted molar refractivity (Wildman–Crippen MR) is 76.3 cm³/mol. The lowest BCUT2D eigenvalue weighted by Gasteiger charge is -2.13. The minimum absolute atomic E-state index is 0.198. The maximum absolute atomic E-state index is 12.1. The van der Waals surface area contributed by atoms with Crippen molar-refractivity contribution in [1.82, 2.24) is 5.32 Å². The molecule has 2 N–H and O–H groups in total. The van der Waals surface area contributed by atoms with Crippen molar-refractivity contribution in [1.29, 1.82) is 0 Å². The highest BCUT2D eigenvalue weighted by molar-refractivity contribution is 5.98. The fourth-order valence-electron chi connectivity index (χ4n) is 2.00. The largest absolute Gasteiger partial charge is 0.480 e. The molecule has 1 atom stereocenters. The van der Waals surface area contributed by atoms with Crippen LogP contribution in [0.25, 0.3) is 11.0 Å². The van der Waals surface area contributed by atoms with E-state index in [0.717, 1.165) is 0 Å². The summed E-state index contributed by atoms with van der Waals surface area (Å²) in [4.78, 5) is 34.9.